The van der Waals surface area contributed by atoms with Crippen molar-refractivity contribution in [2.24, 2.45) is 5.84 Å². The highest BCUT2D eigenvalue weighted by molar-refractivity contribution is 6.30. The molecule has 0 aliphatic carbocycles. The summed E-state index contributed by atoms with van der Waals surface area (Å²) in [5.74, 6) is 6.58. The van der Waals surface area contributed by atoms with Gasteiger partial charge in [-0.15, -0.1) is 0 Å². The molecule has 0 fully saturated rings. The Morgan fingerprint density at radius 2 is 2.31 bits per heavy atom. The van der Waals surface area contributed by atoms with Crippen LogP contribution in [0.3, 0.4) is 0 Å². The van der Waals surface area contributed by atoms with Gasteiger partial charge in [0.1, 0.15) is 5.82 Å². The predicted molar refractivity (Wildman–Crippen MR) is 55.8 cm³/mol. The maximum absolute atomic E-state index is 5.78. The highest BCUT2D eigenvalue weighted by atomic mass is 35.5. The van der Waals surface area contributed by atoms with Gasteiger partial charge in [-0.1, -0.05) is 18.5 Å². The smallest absolute Gasteiger partial charge is 0.145 e. The first-order valence-electron chi connectivity index (χ1n) is 4.29. The van der Waals surface area contributed by atoms with E-state index in [0.29, 0.717) is 5.02 Å². The van der Waals surface area contributed by atoms with Crippen LogP contribution in [0.5, 0.6) is 0 Å². The summed E-state index contributed by atoms with van der Waals surface area (Å²) in [6.07, 6.45) is 2.61. The molecule has 3 nitrogen and oxygen atoms in total. The van der Waals surface area contributed by atoms with E-state index >= 15 is 0 Å². The maximum Gasteiger partial charge on any atom is 0.145 e. The average Bonchev–Trinajstić information content (AvgIpc) is 2.04. The average molecular weight is 200 g/mol. The lowest BCUT2D eigenvalue weighted by atomic mass is 10.3. The molecule has 0 aliphatic heterocycles. The van der Waals surface area contributed by atoms with Crippen LogP contribution in [0.15, 0.2) is 12.3 Å². The molecule has 0 aromatic carbocycles. The van der Waals surface area contributed by atoms with Crippen molar-refractivity contribution in [1.29, 1.82) is 0 Å². The van der Waals surface area contributed by atoms with Crippen LogP contribution in [-0.4, -0.2) is 11.5 Å². The largest absolute Gasteiger partial charge is 0.295 e. The Morgan fingerprint density at radius 1 is 1.62 bits per heavy atom. The van der Waals surface area contributed by atoms with Crippen LogP contribution >= 0.6 is 11.6 Å². The third-order valence-corrected chi connectivity index (χ3v) is 1.96. The minimum atomic E-state index is 0.645. The second-order valence-electron chi connectivity index (χ2n) is 2.99. The van der Waals surface area contributed by atoms with Gasteiger partial charge in [-0.3, -0.25) is 5.01 Å². The Bertz CT molecular complexity index is 288. The lowest BCUT2D eigenvalue weighted by molar-refractivity contribution is 0.787. The van der Waals surface area contributed by atoms with Crippen LogP contribution in [0.2, 0.25) is 5.02 Å². The predicted octanol–water partition coefficient (Wildman–Crippen LogP) is 2.13. The molecule has 0 saturated carbocycles. The topological polar surface area (TPSA) is 42.1 Å². The number of hydrogen-bond donors (Lipinski definition) is 1. The summed E-state index contributed by atoms with van der Waals surface area (Å²) in [7, 11) is 0. The fourth-order valence-corrected chi connectivity index (χ4v) is 1.39. The zero-order valence-electron chi connectivity index (χ0n) is 7.92. The van der Waals surface area contributed by atoms with E-state index in [1.54, 1.807) is 11.2 Å². The van der Waals surface area contributed by atoms with E-state index in [2.05, 4.69) is 11.9 Å². The molecule has 0 radical (unpaired) electrons. The molecule has 0 aliphatic rings. The van der Waals surface area contributed by atoms with E-state index in [9.17, 15) is 0 Å². The first-order chi connectivity index (χ1) is 6.15. The normalized spacial score (nSPS) is 10.2. The van der Waals surface area contributed by atoms with Crippen molar-refractivity contribution in [2.75, 3.05) is 11.6 Å². The number of aromatic nitrogens is 1. The summed E-state index contributed by atoms with van der Waals surface area (Å²) in [6, 6.07) is 1.86. The van der Waals surface area contributed by atoms with E-state index in [1.165, 1.54) is 0 Å². The van der Waals surface area contributed by atoms with Gasteiger partial charge in [0.15, 0.2) is 0 Å². The van der Waals surface area contributed by atoms with E-state index in [1.807, 2.05) is 13.0 Å². The minimum Gasteiger partial charge on any atom is -0.295 e. The second kappa shape index (κ2) is 4.44. The molecule has 4 heteroatoms. The number of anilines is 1. The second-order valence-corrected chi connectivity index (χ2v) is 3.42. The number of hydrogen-bond acceptors (Lipinski definition) is 3. The molecule has 72 valence electrons. The van der Waals surface area contributed by atoms with E-state index in [-0.39, 0.29) is 0 Å². The van der Waals surface area contributed by atoms with Crippen molar-refractivity contribution in [3.8, 4) is 0 Å². The van der Waals surface area contributed by atoms with Crippen molar-refractivity contribution < 1.29 is 0 Å². The van der Waals surface area contributed by atoms with Crippen LogP contribution in [0.1, 0.15) is 18.9 Å². The summed E-state index contributed by atoms with van der Waals surface area (Å²) >= 11 is 5.78. The first-order valence-corrected chi connectivity index (χ1v) is 4.67. The highest BCUT2D eigenvalue weighted by Gasteiger charge is 2.05. The Balaban J connectivity index is 2.88. The number of rotatable bonds is 3. The van der Waals surface area contributed by atoms with Gasteiger partial charge >= 0.3 is 0 Å². The molecule has 1 aromatic heterocycles. The molecular formula is C9H14ClN3. The minimum absolute atomic E-state index is 0.645. The molecule has 0 saturated heterocycles. The van der Waals surface area contributed by atoms with Crippen LogP contribution in [0.4, 0.5) is 5.82 Å². The fourth-order valence-electron chi connectivity index (χ4n) is 1.18. The number of nitrogens with two attached hydrogens (primary N) is 1. The Hall–Kier alpha value is -0.800. The summed E-state index contributed by atoms with van der Waals surface area (Å²) in [4.78, 5) is 4.17. The lowest BCUT2D eigenvalue weighted by Crippen LogP contribution is -2.32. The SMILES string of the molecule is CCCN(N)c1ncc(Cl)cc1C. The Kier molecular flexibility index (Phi) is 3.51. The van der Waals surface area contributed by atoms with Crippen molar-refractivity contribution in [2.45, 2.75) is 20.3 Å². The van der Waals surface area contributed by atoms with Crippen LogP contribution in [-0.2, 0) is 0 Å². The Labute approximate surface area is 83.5 Å². The molecule has 0 unspecified atom stereocenters. The van der Waals surface area contributed by atoms with Gasteiger partial charge in [0.25, 0.3) is 0 Å². The van der Waals surface area contributed by atoms with Crippen molar-refractivity contribution in [3.63, 3.8) is 0 Å². The van der Waals surface area contributed by atoms with Crippen LogP contribution in [0, 0.1) is 6.92 Å². The maximum atomic E-state index is 5.78. The molecule has 1 aromatic rings. The third-order valence-electron chi connectivity index (χ3n) is 1.75. The van der Waals surface area contributed by atoms with Gasteiger partial charge in [-0.05, 0) is 25.0 Å². The van der Waals surface area contributed by atoms with Crippen LogP contribution < -0.4 is 10.9 Å². The van der Waals surface area contributed by atoms with Gasteiger partial charge < -0.3 is 0 Å². The van der Waals surface area contributed by atoms with Gasteiger partial charge in [0, 0.05) is 12.7 Å². The van der Waals surface area contributed by atoms with Crippen molar-refractivity contribution in [3.05, 3.63) is 22.8 Å². The van der Waals surface area contributed by atoms with Gasteiger partial charge in [0.05, 0.1) is 5.02 Å². The summed E-state index contributed by atoms with van der Waals surface area (Å²) in [5, 5.41) is 2.29. The molecule has 0 amide bonds. The molecule has 0 bridgehead atoms. The van der Waals surface area contributed by atoms with Crippen molar-refractivity contribution in [1.82, 2.24) is 4.98 Å². The molecule has 13 heavy (non-hydrogen) atoms. The fraction of sp³-hybridized carbons (Fsp3) is 0.444. The van der Waals surface area contributed by atoms with Crippen LogP contribution in [0.25, 0.3) is 0 Å². The standard InChI is InChI=1S/C9H14ClN3/c1-3-4-13(11)9-7(2)5-8(10)6-12-9/h5-6H,3-4,11H2,1-2H3. The quantitative estimate of drug-likeness (QED) is 0.599. The highest BCUT2D eigenvalue weighted by Crippen LogP contribution is 2.18. The number of halogens is 1. The number of hydrazine groups is 1. The summed E-state index contributed by atoms with van der Waals surface area (Å²) in [5.41, 5.74) is 1.00. The van der Waals surface area contributed by atoms with Gasteiger partial charge in [0.2, 0.25) is 0 Å². The first kappa shape index (κ1) is 10.3. The monoisotopic (exact) mass is 199 g/mol. The molecule has 1 heterocycles. The third kappa shape index (κ3) is 2.57. The number of nitrogens with zero attached hydrogens (tertiary/aromatic N) is 2. The molecule has 2 N–H and O–H groups in total. The van der Waals surface area contributed by atoms with Gasteiger partial charge in [-0.2, -0.15) is 0 Å². The van der Waals surface area contributed by atoms with E-state index in [4.69, 9.17) is 17.4 Å². The van der Waals surface area contributed by atoms with E-state index in [0.717, 1.165) is 24.3 Å². The number of pyridine rings is 1. The molecule has 0 atom stereocenters. The molecule has 1 rings (SSSR count). The zero-order valence-corrected chi connectivity index (χ0v) is 8.67. The van der Waals surface area contributed by atoms with E-state index < -0.39 is 0 Å². The molecule has 0 spiro atoms. The van der Waals surface area contributed by atoms with Crippen molar-refractivity contribution >= 4 is 17.4 Å². The molecular weight excluding hydrogens is 186 g/mol. The summed E-state index contributed by atoms with van der Waals surface area (Å²) < 4.78 is 0. The lowest BCUT2D eigenvalue weighted by Gasteiger charge is -2.18. The Morgan fingerprint density at radius 3 is 2.85 bits per heavy atom. The summed E-state index contributed by atoms with van der Waals surface area (Å²) in [6.45, 7) is 4.82. The number of aryl methyl sites for hydroxylation is 1. The van der Waals surface area contributed by atoms with Gasteiger partial charge in [-0.25, -0.2) is 10.8 Å². The zero-order chi connectivity index (χ0) is 9.84.